The zero-order valence-electron chi connectivity index (χ0n) is 12.3. The van der Waals surface area contributed by atoms with E-state index < -0.39 is 0 Å². The van der Waals surface area contributed by atoms with Gasteiger partial charge in [0.25, 0.3) is 0 Å². The van der Waals surface area contributed by atoms with E-state index in [1.165, 1.54) is 30.4 Å². The number of methoxy groups -OCH3 is 1. The molecular weight excluding hydrogens is 234 g/mol. The number of ether oxygens (including phenoxy) is 1. The molecule has 0 aliphatic heterocycles. The predicted octanol–water partition coefficient (Wildman–Crippen LogP) is 3.42. The van der Waals surface area contributed by atoms with Crippen molar-refractivity contribution < 1.29 is 4.74 Å². The monoisotopic (exact) mass is 259 g/mol. The van der Waals surface area contributed by atoms with Crippen LogP contribution in [0, 0.1) is 5.92 Å². The molecule has 0 radical (unpaired) electrons. The van der Waals surface area contributed by atoms with E-state index in [-0.39, 0.29) is 11.0 Å². The lowest BCUT2D eigenvalue weighted by Gasteiger charge is -2.54. The normalized spacial score (nSPS) is 37.4. The van der Waals surface area contributed by atoms with E-state index >= 15 is 0 Å². The molecule has 0 amide bonds. The van der Waals surface area contributed by atoms with Gasteiger partial charge >= 0.3 is 0 Å². The number of benzene rings is 1. The van der Waals surface area contributed by atoms with Crippen molar-refractivity contribution in [3.05, 3.63) is 29.3 Å². The first kappa shape index (κ1) is 13.0. The fraction of sp³-hybridized carbons (Fsp3) is 0.647. The molecule has 2 aliphatic carbocycles. The second-order valence-electron chi connectivity index (χ2n) is 6.89. The van der Waals surface area contributed by atoms with Crippen LogP contribution in [0.3, 0.4) is 0 Å². The second-order valence-corrected chi connectivity index (χ2v) is 6.89. The Kier molecular flexibility index (Phi) is 2.90. The standard InChI is InChI=1S/C17H25NO/c1-16-9-4-10-17(2,18)15(16)8-6-12-5-7-13(19-3)11-14(12)16/h5,7,11,15H,4,6,8-10,18H2,1-3H3/t15-,16-,17?/m1/s1. The maximum atomic E-state index is 6.61. The molecule has 0 spiro atoms. The van der Waals surface area contributed by atoms with Crippen molar-refractivity contribution in [2.45, 2.75) is 56.9 Å². The van der Waals surface area contributed by atoms with Crippen LogP contribution in [0.2, 0.25) is 0 Å². The highest BCUT2D eigenvalue weighted by molar-refractivity contribution is 5.44. The van der Waals surface area contributed by atoms with Gasteiger partial charge in [-0.1, -0.05) is 19.4 Å². The van der Waals surface area contributed by atoms with Crippen LogP contribution in [0.15, 0.2) is 18.2 Å². The van der Waals surface area contributed by atoms with Gasteiger partial charge in [-0.2, -0.15) is 0 Å². The lowest BCUT2D eigenvalue weighted by atomic mass is 9.53. The molecule has 1 aromatic carbocycles. The van der Waals surface area contributed by atoms with Crippen LogP contribution < -0.4 is 10.5 Å². The molecule has 1 unspecified atom stereocenters. The molecule has 0 heterocycles. The Bertz CT molecular complexity index is 494. The maximum absolute atomic E-state index is 6.61. The Morgan fingerprint density at radius 1 is 1.26 bits per heavy atom. The molecule has 19 heavy (non-hydrogen) atoms. The van der Waals surface area contributed by atoms with Crippen LogP contribution in [0.1, 0.15) is 50.7 Å². The van der Waals surface area contributed by atoms with Gasteiger partial charge in [0.2, 0.25) is 0 Å². The van der Waals surface area contributed by atoms with Gasteiger partial charge in [0.15, 0.2) is 0 Å². The number of nitrogens with two attached hydrogens (primary N) is 1. The van der Waals surface area contributed by atoms with Crippen LogP contribution in [-0.2, 0) is 11.8 Å². The van der Waals surface area contributed by atoms with E-state index in [0.29, 0.717) is 5.92 Å². The number of fused-ring (bicyclic) bond motifs is 3. The van der Waals surface area contributed by atoms with E-state index in [1.807, 2.05) is 0 Å². The lowest BCUT2D eigenvalue weighted by Crippen LogP contribution is -2.57. The first-order valence-corrected chi connectivity index (χ1v) is 7.44. The minimum Gasteiger partial charge on any atom is -0.497 e. The molecule has 104 valence electrons. The summed E-state index contributed by atoms with van der Waals surface area (Å²) in [7, 11) is 1.75. The summed E-state index contributed by atoms with van der Waals surface area (Å²) in [6.45, 7) is 4.67. The zero-order valence-corrected chi connectivity index (χ0v) is 12.3. The Hall–Kier alpha value is -1.02. The number of hydrogen-bond donors (Lipinski definition) is 1. The van der Waals surface area contributed by atoms with E-state index in [0.717, 1.165) is 18.6 Å². The van der Waals surface area contributed by atoms with Crippen molar-refractivity contribution in [2.75, 3.05) is 7.11 Å². The predicted molar refractivity (Wildman–Crippen MR) is 78.6 cm³/mol. The lowest BCUT2D eigenvalue weighted by molar-refractivity contribution is 0.0905. The fourth-order valence-electron chi connectivity index (χ4n) is 4.62. The highest BCUT2D eigenvalue weighted by Crippen LogP contribution is 2.53. The summed E-state index contributed by atoms with van der Waals surface area (Å²) >= 11 is 0. The van der Waals surface area contributed by atoms with Crippen LogP contribution in [0.25, 0.3) is 0 Å². The van der Waals surface area contributed by atoms with Crippen molar-refractivity contribution in [1.82, 2.24) is 0 Å². The topological polar surface area (TPSA) is 35.2 Å². The molecule has 0 bridgehead atoms. The molecule has 2 nitrogen and oxygen atoms in total. The molecule has 2 aliphatic rings. The summed E-state index contributed by atoms with van der Waals surface area (Å²) in [5, 5.41) is 0. The van der Waals surface area contributed by atoms with Crippen LogP contribution in [0.5, 0.6) is 5.75 Å². The Morgan fingerprint density at radius 2 is 2.05 bits per heavy atom. The molecule has 3 atom stereocenters. The average Bonchev–Trinajstić information content (AvgIpc) is 2.37. The molecule has 1 aromatic rings. The van der Waals surface area contributed by atoms with Crippen LogP contribution in [-0.4, -0.2) is 12.6 Å². The maximum Gasteiger partial charge on any atom is 0.119 e. The molecule has 1 saturated carbocycles. The number of hydrogen-bond acceptors (Lipinski definition) is 2. The van der Waals surface area contributed by atoms with E-state index in [2.05, 4.69) is 32.0 Å². The van der Waals surface area contributed by atoms with Crippen molar-refractivity contribution in [1.29, 1.82) is 0 Å². The smallest absolute Gasteiger partial charge is 0.119 e. The van der Waals surface area contributed by atoms with E-state index in [1.54, 1.807) is 7.11 Å². The van der Waals surface area contributed by atoms with Crippen molar-refractivity contribution in [3.8, 4) is 5.75 Å². The van der Waals surface area contributed by atoms with Crippen molar-refractivity contribution in [2.24, 2.45) is 11.7 Å². The first-order valence-electron chi connectivity index (χ1n) is 7.44. The van der Waals surface area contributed by atoms with Crippen molar-refractivity contribution >= 4 is 0 Å². The summed E-state index contributed by atoms with van der Waals surface area (Å²) in [5.41, 5.74) is 9.80. The first-order chi connectivity index (χ1) is 8.97. The average molecular weight is 259 g/mol. The Labute approximate surface area is 116 Å². The molecular formula is C17H25NO. The quantitative estimate of drug-likeness (QED) is 0.838. The van der Waals surface area contributed by atoms with Gasteiger partial charge in [-0.15, -0.1) is 0 Å². The third-order valence-corrected chi connectivity index (χ3v) is 5.61. The van der Waals surface area contributed by atoms with Crippen LogP contribution in [0.4, 0.5) is 0 Å². The SMILES string of the molecule is COc1ccc2c(c1)[C@@]1(C)CCCC(C)(N)[C@@H]1CC2. The Balaban J connectivity index is 2.11. The largest absolute Gasteiger partial charge is 0.497 e. The highest BCUT2D eigenvalue weighted by atomic mass is 16.5. The van der Waals surface area contributed by atoms with Gasteiger partial charge in [-0.05, 0) is 67.2 Å². The summed E-state index contributed by atoms with van der Waals surface area (Å²) in [6, 6.07) is 6.59. The third kappa shape index (κ3) is 1.88. The molecule has 0 aromatic heterocycles. The zero-order chi connectivity index (χ0) is 13.7. The van der Waals surface area contributed by atoms with Gasteiger partial charge in [-0.25, -0.2) is 0 Å². The van der Waals surface area contributed by atoms with Crippen molar-refractivity contribution in [3.63, 3.8) is 0 Å². The highest BCUT2D eigenvalue weighted by Gasteiger charge is 2.50. The van der Waals surface area contributed by atoms with Gasteiger partial charge in [-0.3, -0.25) is 0 Å². The molecule has 1 fully saturated rings. The van der Waals surface area contributed by atoms with Gasteiger partial charge in [0.05, 0.1) is 7.11 Å². The molecule has 2 heteroatoms. The second kappa shape index (κ2) is 4.24. The van der Waals surface area contributed by atoms with E-state index in [9.17, 15) is 0 Å². The number of rotatable bonds is 1. The summed E-state index contributed by atoms with van der Waals surface area (Å²) in [5.74, 6) is 1.57. The minimum absolute atomic E-state index is 0.0201. The summed E-state index contributed by atoms with van der Waals surface area (Å²) in [6.07, 6.45) is 6.03. The summed E-state index contributed by atoms with van der Waals surface area (Å²) in [4.78, 5) is 0. The molecule has 3 rings (SSSR count). The van der Waals surface area contributed by atoms with Gasteiger partial charge in [0.1, 0.15) is 5.75 Å². The minimum atomic E-state index is -0.0201. The number of aryl methyl sites for hydroxylation is 1. The fourth-order valence-corrected chi connectivity index (χ4v) is 4.62. The molecule has 2 N–H and O–H groups in total. The third-order valence-electron chi connectivity index (χ3n) is 5.61. The van der Waals surface area contributed by atoms with E-state index in [4.69, 9.17) is 10.5 Å². The summed E-state index contributed by atoms with van der Waals surface area (Å²) < 4.78 is 5.43. The van der Waals surface area contributed by atoms with Gasteiger partial charge in [0, 0.05) is 5.54 Å². The molecule has 0 saturated heterocycles. The Morgan fingerprint density at radius 3 is 2.79 bits per heavy atom. The van der Waals surface area contributed by atoms with Crippen LogP contribution >= 0.6 is 0 Å². The van der Waals surface area contributed by atoms with Gasteiger partial charge < -0.3 is 10.5 Å².